The molecular weight excluding hydrogens is 424 g/mol. The van der Waals surface area contributed by atoms with E-state index in [4.69, 9.17) is 17.2 Å². The molecule has 1 N–H and O–H groups in total. The first-order chi connectivity index (χ1) is 16.0. The Morgan fingerprint density at radius 3 is 2.39 bits per heavy atom. The van der Waals surface area contributed by atoms with E-state index in [1.807, 2.05) is 18.3 Å². The fourth-order valence-electron chi connectivity index (χ4n) is 5.00. The number of aromatic nitrogens is 2. The highest BCUT2D eigenvalue weighted by atomic mass is 32.1. The predicted octanol–water partition coefficient (Wildman–Crippen LogP) is 6.28. The van der Waals surface area contributed by atoms with Gasteiger partial charge in [0.1, 0.15) is 0 Å². The molecule has 5 heteroatoms. The van der Waals surface area contributed by atoms with Crippen LogP contribution < -0.4 is 10.2 Å². The van der Waals surface area contributed by atoms with E-state index < -0.39 is 0 Å². The maximum Gasteiger partial charge on any atom is 0.174 e. The van der Waals surface area contributed by atoms with Crippen LogP contribution in [0, 0.1) is 27.7 Å². The molecule has 0 amide bonds. The molecule has 166 valence electrons. The fourth-order valence-corrected chi connectivity index (χ4v) is 5.34. The normalized spacial score (nSPS) is 17.9. The number of aryl methyl sites for hydroxylation is 3. The number of hydrogen-bond donors (Lipinski definition) is 1. The van der Waals surface area contributed by atoms with Crippen LogP contribution in [0.15, 0.2) is 79.0 Å². The van der Waals surface area contributed by atoms with Crippen molar-refractivity contribution in [2.24, 2.45) is 0 Å². The Kier molecular flexibility index (Phi) is 5.51. The third-order valence-corrected chi connectivity index (χ3v) is 6.84. The van der Waals surface area contributed by atoms with Crippen LogP contribution in [-0.2, 0) is 0 Å². The van der Waals surface area contributed by atoms with Gasteiger partial charge in [-0.25, -0.2) is 0 Å². The minimum absolute atomic E-state index is 0.0156. The Morgan fingerprint density at radius 1 is 0.879 bits per heavy atom. The van der Waals surface area contributed by atoms with E-state index >= 15 is 0 Å². The number of rotatable bonds is 4. The monoisotopic (exact) mass is 452 g/mol. The standard InChI is InChI=1S/C28H28N4S/c1-18-10-9-12-22(16-18)32-27(26(30-28(32)33)24-13-7-8-15-29-24)23-17-20(3)31(21(23)4)25-14-6-5-11-19(25)2/h5-17,26-27H,1-4H3,(H,30,33)/t26-,27+/m1/s1. The summed E-state index contributed by atoms with van der Waals surface area (Å²) in [5.41, 5.74) is 9.43. The molecule has 33 heavy (non-hydrogen) atoms. The quantitative estimate of drug-likeness (QED) is 0.369. The van der Waals surface area contributed by atoms with Gasteiger partial charge in [-0.05, 0) is 93.0 Å². The first kappa shape index (κ1) is 21.4. The molecule has 0 bridgehead atoms. The Morgan fingerprint density at radius 2 is 1.67 bits per heavy atom. The lowest BCUT2D eigenvalue weighted by atomic mass is 9.96. The van der Waals surface area contributed by atoms with Gasteiger partial charge in [-0.15, -0.1) is 0 Å². The molecule has 1 saturated heterocycles. The summed E-state index contributed by atoms with van der Waals surface area (Å²) >= 11 is 5.90. The van der Waals surface area contributed by atoms with Crippen LogP contribution in [0.25, 0.3) is 5.69 Å². The van der Waals surface area contributed by atoms with Gasteiger partial charge in [0, 0.05) is 29.0 Å². The molecule has 0 aliphatic carbocycles. The lowest BCUT2D eigenvalue weighted by Crippen LogP contribution is -2.29. The highest BCUT2D eigenvalue weighted by molar-refractivity contribution is 7.80. The summed E-state index contributed by atoms with van der Waals surface area (Å²) in [6.45, 7) is 8.66. The zero-order valence-corrected chi connectivity index (χ0v) is 20.2. The Labute approximate surface area is 200 Å². The van der Waals surface area contributed by atoms with E-state index in [0.29, 0.717) is 0 Å². The number of nitrogens with zero attached hydrogens (tertiary/aromatic N) is 3. The second kappa shape index (κ2) is 8.49. The molecule has 5 rings (SSSR count). The van der Waals surface area contributed by atoms with Crippen molar-refractivity contribution in [3.63, 3.8) is 0 Å². The third-order valence-electron chi connectivity index (χ3n) is 6.52. The molecule has 0 unspecified atom stereocenters. The smallest absolute Gasteiger partial charge is 0.174 e. The largest absolute Gasteiger partial charge is 0.351 e. The minimum atomic E-state index is -0.0509. The molecular formula is C28H28N4S. The number of para-hydroxylation sites is 1. The van der Waals surface area contributed by atoms with E-state index in [-0.39, 0.29) is 12.1 Å². The van der Waals surface area contributed by atoms with Crippen molar-refractivity contribution < 1.29 is 0 Å². The van der Waals surface area contributed by atoms with Crippen molar-refractivity contribution in [2.45, 2.75) is 39.8 Å². The summed E-state index contributed by atoms with van der Waals surface area (Å²) in [7, 11) is 0. The summed E-state index contributed by atoms with van der Waals surface area (Å²) in [4.78, 5) is 6.95. The molecule has 0 saturated carbocycles. The van der Waals surface area contributed by atoms with Gasteiger partial charge in [-0.2, -0.15) is 0 Å². The summed E-state index contributed by atoms with van der Waals surface area (Å²) in [5, 5.41) is 4.30. The van der Waals surface area contributed by atoms with Gasteiger partial charge in [0.25, 0.3) is 0 Å². The van der Waals surface area contributed by atoms with Crippen LogP contribution >= 0.6 is 12.2 Å². The van der Waals surface area contributed by atoms with Gasteiger partial charge in [-0.3, -0.25) is 4.98 Å². The van der Waals surface area contributed by atoms with Crippen LogP contribution in [0.3, 0.4) is 0 Å². The third kappa shape index (κ3) is 3.72. The molecule has 1 aliphatic rings. The fraction of sp³-hybridized carbons (Fsp3) is 0.214. The molecule has 4 aromatic rings. The molecule has 1 fully saturated rings. The molecule has 3 heterocycles. The average molecular weight is 453 g/mol. The Hall–Kier alpha value is -3.44. The molecule has 2 atom stereocenters. The number of anilines is 1. The molecule has 0 radical (unpaired) electrons. The molecule has 2 aromatic carbocycles. The van der Waals surface area contributed by atoms with E-state index in [2.05, 4.69) is 103 Å². The van der Waals surface area contributed by atoms with Crippen LogP contribution in [-0.4, -0.2) is 14.7 Å². The van der Waals surface area contributed by atoms with E-state index in [9.17, 15) is 0 Å². The molecule has 1 aliphatic heterocycles. The van der Waals surface area contributed by atoms with Gasteiger partial charge in [0.2, 0.25) is 0 Å². The summed E-state index contributed by atoms with van der Waals surface area (Å²) in [6.07, 6.45) is 1.85. The summed E-state index contributed by atoms with van der Waals surface area (Å²) in [6, 6.07) is 25.4. The van der Waals surface area contributed by atoms with Crippen molar-refractivity contribution in [2.75, 3.05) is 4.90 Å². The van der Waals surface area contributed by atoms with Gasteiger partial charge in [0.05, 0.1) is 17.8 Å². The van der Waals surface area contributed by atoms with Crippen LogP contribution in [0.1, 0.15) is 45.9 Å². The SMILES string of the molecule is Cc1cccc(N2C(=S)N[C@H](c3ccccn3)[C@@H]2c2cc(C)n(-c3ccccc3C)c2C)c1. The first-order valence-electron chi connectivity index (χ1n) is 11.3. The van der Waals surface area contributed by atoms with Crippen molar-refractivity contribution in [1.82, 2.24) is 14.9 Å². The summed E-state index contributed by atoms with van der Waals surface area (Å²) < 4.78 is 2.36. The highest BCUT2D eigenvalue weighted by Gasteiger charge is 2.42. The average Bonchev–Trinajstić information content (AvgIpc) is 3.30. The Bertz CT molecular complexity index is 1320. The maximum atomic E-state index is 5.90. The number of nitrogens with one attached hydrogen (secondary N) is 1. The van der Waals surface area contributed by atoms with E-state index in [1.165, 1.54) is 33.8 Å². The second-order valence-corrected chi connectivity index (χ2v) is 9.17. The van der Waals surface area contributed by atoms with Crippen LogP contribution in [0.4, 0.5) is 5.69 Å². The number of thiocarbonyl (C=S) groups is 1. The first-order valence-corrected chi connectivity index (χ1v) is 11.7. The lowest BCUT2D eigenvalue weighted by molar-refractivity contribution is 0.565. The van der Waals surface area contributed by atoms with Crippen molar-refractivity contribution >= 4 is 23.0 Å². The van der Waals surface area contributed by atoms with E-state index in [0.717, 1.165) is 16.5 Å². The van der Waals surface area contributed by atoms with Crippen molar-refractivity contribution in [3.8, 4) is 5.69 Å². The number of pyridine rings is 1. The zero-order valence-electron chi connectivity index (χ0n) is 19.4. The molecule has 0 spiro atoms. The Balaban J connectivity index is 1.70. The van der Waals surface area contributed by atoms with Crippen LogP contribution in [0.2, 0.25) is 0 Å². The van der Waals surface area contributed by atoms with Gasteiger partial charge in [0.15, 0.2) is 5.11 Å². The summed E-state index contributed by atoms with van der Waals surface area (Å²) in [5.74, 6) is 0. The lowest BCUT2D eigenvalue weighted by Gasteiger charge is -2.28. The molecule has 2 aromatic heterocycles. The minimum Gasteiger partial charge on any atom is -0.351 e. The van der Waals surface area contributed by atoms with Crippen molar-refractivity contribution in [3.05, 3.63) is 113 Å². The number of benzene rings is 2. The number of hydrogen-bond acceptors (Lipinski definition) is 2. The predicted molar refractivity (Wildman–Crippen MR) is 139 cm³/mol. The van der Waals surface area contributed by atoms with Crippen molar-refractivity contribution in [1.29, 1.82) is 0 Å². The highest BCUT2D eigenvalue weighted by Crippen LogP contribution is 2.44. The zero-order chi connectivity index (χ0) is 23.1. The van der Waals surface area contributed by atoms with Gasteiger partial charge in [-0.1, -0.05) is 36.4 Å². The van der Waals surface area contributed by atoms with E-state index in [1.54, 1.807) is 0 Å². The van der Waals surface area contributed by atoms with Gasteiger partial charge >= 0.3 is 0 Å². The van der Waals surface area contributed by atoms with Gasteiger partial charge < -0.3 is 14.8 Å². The molecule has 4 nitrogen and oxygen atoms in total. The topological polar surface area (TPSA) is 33.1 Å². The second-order valence-electron chi connectivity index (χ2n) is 8.78. The maximum absolute atomic E-state index is 5.90. The van der Waals surface area contributed by atoms with Crippen LogP contribution in [0.5, 0.6) is 0 Å².